The smallest absolute Gasteiger partial charge is 0.214 e. The first-order valence-electron chi connectivity index (χ1n) is 11.4. The summed E-state index contributed by atoms with van der Waals surface area (Å²) < 4.78 is 18.1. The molecule has 3 aromatic carbocycles. The van der Waals surface area contributed by atoms with Gasteiger partial charge in [-0.3, -0.25) is 0 Å². The van der Waals surface area contributed by atoms with Gasteiger partial charge in [-0.1, -0.05) is 24.3 Å². The highest BCUT2D eigenvalue weighted by Gasteiger charge is 2.42. The summed E-state index contributed by atoms with van der Waals surface area (Å²) in [7, 11) is 0. The fourth-order valence-electron chi connectivity index (χ4n) is 4.43. The molecule has 33 heavy (non-hydrogen) atoms. The molecule has 0 fully saturated rings. The number of fused-ring (bicyclic) bond motifs is 3. The SMILES string of the molecule is CCOc1ccc(C2=NN3[C@@H](c4ccc(SC)cc4)Oc4c(OCC)cccc4[C@@H]3C2)cc1. The van der Waals surface area contributed by atoms with E-state index < -0.39 is 0 Å². The average molecular weight is 461 g/mol. The highest BCUT2D eigenvalue weighted by molar-refractivity contribution is 7.98. The van der Waals surface area contributed by atoms with Crippen LogP contribution in [0.2, 0.25) is 0 Å². The maximum Gasteiger partial charge on any atom is 0.214 e. The van der Waals surface area contributed by atoms with E-state index in [9.17, 15) is 0 Å². The molecular formula is C27H28N2O3S. The Labute approximate surface area is 199 Å². The molecule has 170 valence electrons. The van der Waals surface area contributed by atoms with Crippen molar-refractivity contribution in [3.8, 4) is 17.2 Å². The van der Waals surface area contributed by atoms with Crippen molar-refractivity contribution in [3.63, 3.8) is 0 Å². The standard InChI is InChI=1S/C27H28N2O3S/c1-4-30-20-13-9-18(10-14-20)23-17-24-22-7-6-8-25(31-5-2)26(22)32-27(29(24)28-23)19-11-15-21(33-3)16-12-19/h6-16,24,27H,4-5,17H2,1-3H3/t24-,27+/m0/s1. The molecule has 2 aliphatic rings. The number of rotatable bonds is 7. The number of ether oxygens (including phenoxy) is 3. The Morgan fingerprint density at radius 1 is 0.970 bits per heavy atom. The molecule has 5 nitrogen and oxygen atoms in total. The second-order valence-corrected chi connectivity index (χ2v) is 8.83. The van der Waals surface area contributed by atoms with Crippen molar-refractivity contribution < 1.29 is 14.2 Å². The molecule has 0 radical (unpaired) electrons. The molecule has 0 amide bonds. The van der Waals surface area contributed by atoms with Crippen molar-refractivity contribution in [2.24, 2.45) is 5.10 Å². The van der Waals surface area contributed by atoms with Gasteiger partial charge in [-0.2, -0.15) is 5.10 Å². The molecule has 3 aromatic rings. The van der Waals surface area contributed by atoms with Gasteiger partial charge in [0.1, 0.15) is 5.75 Å². The van der Waals surface area contributed by atoms with Crippen molar-refractivity contribution in [2.45, 2.75) is 37.4 Å². The summed E-state index contributed by atoms with van der Waals surface area (Å²) in [5, 5.41) is 7.18. The lowest BCUT2D eigenvalue weighted by Crippen LogP contribution is -2.33. The van der Waals surface area contributed by atoms with Gasteiger partial charge in [-0.05, 0) is 68.1 Å². The minimum absolute atomic E-state index is 0.0842. The Balaban J connectivity index is 1.54. The molecule has 2 aliphatic heterocycles. The minimum atomic E-state index is -0.319. The van der Waals surface area contributed by atoms with E-state index in [2.05, 4.69) is 53.7 Å². The second kappa shape index (κ2) is 9.40. The molecule has 0 aliphatic carbocycles. The van der Waals surface area contributed by atoms with E-state index >= 15 is 0 Å². The monoisotopic (exact) mass is 460 g/mol. The van der Waals surface area contributed by atoms with Crippen LogP contribution >= 0.6 is 11.8 Å². The van der Waals surface area contributed by atoms with Crippen LogP contribution in [0, 0.1) is 0 Å². The quantitative estimate of drug-likeness (QED) is 0.379. The zero-order chi connectivity index (χ0) is 22.8. The minimum Gasteiger partial charge on any atom is -0.494 e. The van der Waals surface area contributed by atoms with Crippen molar-refractivity contribution in [1.29, 1.82) is 0 Å². The number of nitrogens with zero attached hydrogens (tertiary/aromatic N) is 2. The molecule has 0 aromatic heterocycles. The number of hydrogen-bond donors (Lipinski definition) is 0. The molecule has 0 unspecified atom stereocenters. The Kier molecular flexibility index (Phi) is 6.18. The Morgan fingerprint density at radius 3 is 2.42 bits per heavy atom. The van der Waals surface area contributed by atoms with E-state index in [1.807, 2.05) is 38.1 Å². The van der Waals surface area contributed by atoms with E-state index in [4.69, 9.17) is 19.3 Å². The lowest BCUT2D eigenvalue weighted by Gasteiger charge is -2.38. The van der Waals surface area contributed by atoms with Crippen LogP contribution in [0.25, 0.3) is 0 Å². The van der Waals surface area contributed by atoms with Gasteiger partial charge in [-0.25, -0.2) is 5.01 Å². The number of thioether (sulfide) groups is 1. The largest absolute Gasteiger partial charge is 0.494 e. The van der Waals surface area contributed by atoms with Crippen LogP contribution in [-0.4, -0.2) is 30.2 Å². The molecule has 0 bridgehead atoms. The van der Waals surface area contributed by atoms with Crippen LogP contribution in [0.4, 0.5) is 0 Å². The Hall–Kier alpha value is -3.12. The van der Waals surface area contributed by atoms with Crippen LogP contribution in [0.5, 0.6) is 17.2 Å². The van der Waals surface area contributed by atoms with Gasteiger partial charge >= 0.3 is 0 Å². The highest BCUT2D eigenvalue weighted by atomic mass is 32.2. The molecule has 6 heteroatoms. The van der Waals surface area contributed by atoms with Gasteiger partial charge < -0.3 is 14.2 Å². The van der Waals surface area contributed by atoms with Crippen LogP contribution < -0.4 is 14.2 Å². The van der Waals surface area contributed by atoms with Crippen molar-refractivity contribution >= 4 is 17.5 Å². The normalized spacial score (nSPS) is 18.8. The van der Waals surface area contributed by atoms with Gasteiger partial charge in [0.2, 0.25) is 6.23 Å². The van der Waals surface area contributed by atoms with Gasteiger partial charge in [0.25, 0.3) is 0 Å². The number of benzene rings is 3. The maximum absolute atomic E-state index is 6.59. The van der Waals surface area contributed by atoms with Crippen LogP contribution in [0.1, 0.15) is 49.2 Å². The van der Waals surface area contributed by atoms with Gasteiger partial charge in [0.05, 0.1) is 25.0 Å². The van der Waals surface area contributed by atoms with Gasteiger partial charge in [0.15, 0.2) is 11.5 Å². The summed E-state index contributed by atoms with van der Waals surface area (Å²) in [4.78, 5) is 1.22. The van der Waals surface area contributed by atoms with Crippen LogP contribution in [-0.2, 0) is 0 Å². The molecule has 2 atom stereocenters. The number of para-hydroxylation sites is 1. The summed E-state index contributed by atoms with van der Waals surface area (Å²) in [6.07, 6.45) is 2.57. The van der Waals surface area contributed by atoms with Gasteiger partial charge in [0, 0.05) is 22.4 Å². The molecule has 0 N–H and O–H groups in total. The number of hydrogen-bond acceptors (Lipinski definition) is 6. The predicted molar refractivity (Wildman–Crippen MR) is 133 cm³/mol. The summed E-state index contributed by atoms with van der Waals surface area (Å²) >= 11 is 1.73. The van der Waals surface area contributed by atoms with Crippen LogP contribution in [0.15, 0.2) is 76.7 Å². The molecular weight excluding hydrogens is 432 g/mol. The van der Waals surface area contributed by atoms with Crippen molar-refractivity contribution in [3.05, 3.63) is 83.4 Å². The Bertz CT molecular complexity index is 1150. The fraction of sp³-hybridized carbons (Fsp3) is 0.296. The van der Waals surface area contributed by atoms with Gasteiger partial charge in [-0.15, -0.1) is 11.8 Å². The highest BCUT2D eigenvalue weighted by Crippen LogP contribution is 2.50. The third kappa shape index (κ3) is 4.15. The first-order chi connectivity index (χ1) is 16.2. The molecule has 5 rings (SSSR count). The third-order valence-electron chi connectivity index (χ3n) is 5.98. The predicted octanol–water partition coefficient (Wildman–Crippen LogP) is 6.45. The first-order valence-corrected chi connectivity index (χ1v) is 12.6. The van der Waals surface area contributed by atoms with E-state index in [-0.39, 0.29) is 12.3 Å². The Morgan fingerprint density at radius 2 is 1.73 bits per heavy atom. The molecule has 0 spiro atoms. The molecule has 0 saturated carbocycles. The van der Waals surface area contributed by atoms with E-state index in [1.165, 1.54) is 4.90 Å². The molecule has 2 heterocycles. The average Bonchev–Trinajstić information content (AvgIpc) is 3.31. The fourth-order valence-corrected chi connectivity index (χ4v) is 4.83. The lowest BCUT2D eigenvalue weighted by molar-refractivity contribution is -0.0212. The van der Waals surface area contributed by atoms with Crippen molar-refractivity contribution in [1.82, 2.24) is 5.01 Å². The van der Waals surface area contributed by atoms with Crippen molar-refractivity contribution in [2.75, 3.05) is 19.5 Å². The second-order valence-electron chi connectivity index (χ2n) is 7.95. The van der Waals surface area contributed by atoms with Crippen LogP contribution in [0.3, 0.4) is 0 Å². The summed E-state index contributed by atoms with van der Waals surface area (Å²) in [6.45, 7) is 5.24. The zero-order valence-corrected chi connectivity index (χ0v) is 20.0. The summed E-state index contributed by atoms with van der Waals surface area (Å²) in [5.74, 6) is 2.48. The lowest BCUT2D eigenvalue weighted by atomic mass is 9.95. The first kappa shape index (κ1) is 21.7. The van der Waals surface area contributed by atoms with E-state index in [1.54, 1.807) is 11.8 Å². The number of hydrazone groups is 1. The molecule has 0 saturated heterocycles. The maximum atomic E-state index is 6.59. The summed E-state index contributed by atoms with van der Waals surface area (Å²) in [6, 6.07) is 22.9. The zero-order valence-electron chi connectivity index (χ0n) is 19.2. The van der Waals surface area contributed by atoms with E-state index in [0.29, 0.717) is 13.2 Å². The topological polar surface area (TPSA) is 43.3 Å². The third-order valence-corrected chi connectivity index (χ3v) is 6.72. The van der Waals surface area contributed by atoms with E-state index in [0.717, 1.165) is 46.1 Å². The summed E-state index contributed by atoms with van der Waals surface area (Å²) in [5.41, 5.74) is 4.34.